The van der Waals surface area contributed by atoms with Gasteiger partial charge in [0.15, 0.2) is 0 Å². The molecule has 2 aromatic heterocycles. The Hall–Kier alpha value is -2.13. The smallest absolute Gasteiger partial charge is 0.345 e. The van der Waals surface area contributed by atoms with Crippen molar-refractivity contribution in [2.45, 2.75) is 6.54 Å². The average molecular weight is 233 g/mol. The van der Waals surface area contributed by atoms with Gasteiger partial charge in [-0.1, -0.05) is 0 Å². The number of thiophene rings is 1. The molecule has 16 heavy (non-hydrogen) atoms. The summed E-state index contributed by atoms with van der Waals surface area (Å²) in [4.78, 5) is 15.7. The topological polar surface area (TPSA) is 78.9 Å². The Labute approximate surface area is 95.2 Å². The molecular weight excluding hydrogens is 226 g/mol. The minimum Gasteiger partial charge on any atom is -0.477 e. The summed E-state index contributed by atoms with van der Waals surface area (Å²) in [5.41, 5.74) is 0. The van der Waals surface area contributed by atoms with E-state index in [4.69, 9.17) is 10.4 Å². The van der Waals surface area contributed by atoms with Crippen molar-refractivity contribution in [2.75, 3.05) is 0 Å². The molecule has 0 unspecified atom stereocenters. The summed E-state index contributed by atoms with van der Waals surface area (Å²) >= 11 is 1.20. The van der Waals surface area contributed by atoms with Gasteiger partial charge in [0.2, 0.25) is 5.82 Å². The molecule has 0 saturated carbocycles. The normalized spacial score (nSPS) is 9.94. The monoisotopic (exact) mass is 233 g/mol. The summed E-state index contributed by atoms with van der Waals surface area (Å²) in [5.74, 6) is -0.604. The Morgan fingerprint density at radius 1 is 1.62 bits per heavy atom. The maximum atomic E-state index is 10.7. The fraction of sp³-hybridized carbons (Fsp3) is 0.100. The van der Waals surface area contributed by atoms with Gasteiger partial charge in [-0.15, -0.1) is 11.3 Å². The van der Waals surface area contributed by atoms with Crippen LogP contribution in [0.1, 0.15) is 20.4 Å². The number of rotatable bonds is 3. The molecule has 2 rings (SSSR count). The van der Waals surface area contributed by atoms with Crippen molar-refractivity contribution in [1.82, 2.24) is 9.55 Å². The molecule has 0 aliphatic rings. The van der Waals surface area contributed by atoms with Crippen LogP contribution in [0.4, 0.5) is 0 Å². The highest BCUT2D eigenvalue weighted by atomic mass is 32.1. The van der Waals surface area contributed by atoms with E-state index in [1.807, 2.05) is 6.07 Å². The molecule has 0 aromatic carbocycles. The van der Waals surface area contributed by atoms with Gasteiger partial charge in [0.1, 0.15) is 10.9 Å². The van der Waals surface area contributed by atoms with Crippen LogP contribution in [0, 0.1) is 11.3 Å². The highest BCUT2D eigenvalue weighted by Gasteiger charge is 2.08. The molecule has 0 saturated heterocycles. The number of nitrogens with zero attached hydrogens (tertiary/aromatic N) is 3. The van der Waals surface area contributed by atoms with Crippen LogP contribution in [0.2, 0.25) is 0 Å². The maximum absolute atomic E-state index is 10.7. The van der Waals surface area contributed by atoms with Crippen LogP contribution in [0.5, 0.6) is 0 Å². The van der Waals surface area contributed by atoms with Crippen LogP contribution < -0.4 is 0 Å². The first-order valence-electron chi connectivity index (χ1n) is 4.44. The number of imidazole rings is 1. The van der Waals surface area contributed by atoms with E-state index >= 15 is 0 Å². The summed E-state index contributed by atoms with van der Waals surface area (Å²) in [5, 5.41) is 17.5. The van der Waals surface area contributed by atoms with E-state index in [-0.39, 0.29) is 0 Å². The molecule has 2 aromatic rings. The zero-order valence-electron chi connectivity index (χ0n) is 8.12. The van der Waals surface area contributed by atoms with E-state index in [1.54, 1.807) is 29.1 Å². The predicted molar refractivity (Wildman–Crippen MR) is 57.3 cm³/mol. The number of hydrogen-bond donors (Lipinski definition) is 1. The van der Waals surface area contributed by atoms with Gasteiger partial charge >= 0.3 is 5.97 Å². The lowest BCUT2D eigenvalue weighted by Gasteiger charge is -1.99. The third-order valence-electron chi connectivity index (χ3n) is 2.01. The highest BCUT2D eigenvalue weighted by molar-refractivity contribution is 7.13. The van der Waals surface area contributed by atoms with Gasteiger partial charge in [-0.25, -0.2) is 9.78 Å². The minimum atomic E-state index is -0.928. The molecular formula is C10H7N3O2S. The third-order valence-corrected chi connectivity index (χ3v) is 3.07. The number of carboxylic acid groups (broad SMARTS) is 1. The maximum Gasteiger partial charge on any atom is 0.345 e. The number of nitriles is 1. The standard InChI is InChI=1S/C10H7N3O2S/c11-5-9-12-3-4-13(9)6-7-1-2-8(16-7)10(14)15/h1-4H,6H2,(H,14,15). The second-order valence-electron chi connectivity index (χ2n) is 3.06. The Kier molecular flexibility index (Phi) is 2.70. The second-order valence-corrected chi connectivity index (χ2v) is 4.23. The van der Waals surface area contributed by atoms with E-state index in [0.717, 1.165) is 4.88 Å². The van der Waals surface area contributed by atoms with Gasteiger partial charge in [0.05, 0.1) is 6.54 Å². The first-order valence-corrected chi connectivity index (χ1v) is 5.25. The van der Waals surface area contributed by atoms with Crippen molar-refractivity contribution >= 4 is 17.3 Å². The fourth-order valence-electron chi connectivity index (χ4n) is 1.30. The largest absolute Gasteiger partial charge is 0.477 e. The number of aromatic nitrogens is 2. The number of carboxylic acids is 1. The van der Waals surface area contributed by atoms with E-state index in [1.165, 1.54) is 11.3 Å². The minimum absolute atomic E-state index is 0.300. The molecule has 0 aliphatic carbocycles. The molecule has 0 fully saturated rings. The number of aromatic carboxylic acids is 1. The van der Waals surface area contributed by atoms with Gasteiger partial charge in [-0.05, 0) is 12.1 Å². The van der Waals surface area contributed by atoms with Crippen LogP contribution in [0.25, 0.3) is 0 Å². The molecule has 0 aliphatic heterocycles. The van der Waals surface area contributed by atoms with E-state index in [0.29, 0.717) is 17.2 Å². The van der Waals surface area contributed by atoms with Crippen LogP contribution in [-0.2, 0) is 6.54 Å². The first kappa shape index (κ1) is 10.4. The van der Waals surface area contributed by atoms with Crippen LogP contribution in [0.15, 0.2) is 24.5 Å². The Morgan fingerprint density at radius 2 is 2.44 bits per heavy atom. The Morgan fingerprint density at radius 3 is 3.06 bits per heavy atom. The molecule has 0 bridgehead atoms. The third kappa shape index (κ3) is 1.94. The molecule has 5 nitrogen and oxygen atoms in total. The lowest BCUT2D eigenvalue weighted by atomic mass is 10.4. The SMILES string of the molecule is N#Cc1nccn1Cc1ccc(C(=O)O)s1. The van der Waals surface area contributed by atoms with Gasteiger partial charge in [-0.2, -0.15) is 5.26 Å². The summed E-state index contributed by atoms with van der Waals surface area (Å²) < 4.78 is 1.68. The van der Waals surface area contributed by atoms with Crippen molar-refractivity contribution < 1.29 is 9.90 Å². The van der Waals surface area contributed by atoms with Gasteiger partial charge in [0, 0.05) is 17.3 Å². The van der Waals surface area contributed by atoms with Crippen LogP contribution in [-0.4, -0.2) is 20.6 Å². The van der Waals surface area contributed by atoms with Crippen molar-refractivity contribution in [3.63, 3.8) is 0 Å². The first-order chi connectivity index (χ1) is 7.70. The van der Waals surface area contributed by atoms with Gasteiger partial charge < -0.3 is 9.67 Å². The van der Waals surface area contributed by atoms with Crippen molar-refractivity contribution in [2.24, 2.45) is 0 Å². The van der Waals surface area contributed by atoms with E-state index < -0.39 is 5.97 Å². The van der Waals surface area contributed by atoms with Gasteiger partial charge in [-0.3, -0.25) is 0 Å². The van der Waals surface area contributed by atoms with Crippen LogP contribution >= 0.6 is 11.3 Å². The quantitative estimate of drug-likeness (QED) is 0.872. The fourth-order valence-corrected chi connectivity index (χ4v) is 2.14. The highest BCUT2D eigenvalue weighted by Crippen LogP contribution is 2.17. The second kappa shape index (κ2) is 4.16. The predicted octanol–water partition coefficient (Wildman–Crippen LogP) is 1.56. The number of hydrogen-bond acceptors (Lipinski definition) is 4. The molecule has 6 heteroatoms. The molecule has 2 heterocycles. The van der Waals surface area contributed by atoms with Crippen molar-refractivity contribution in [3.8, 4) is 6.07 Å². The van der Waals surface area contributed by atoms with Crippen molar-refractivity contribution in [3.05, 3.63) is 40.1 Å². The lowest BCUT2D eigenvalue weighted by Crippen LogP contribution is -1.99. The molecule has 0 radical (unpaired) electrons. The summed E-state index contributed by atoms with van der Waals surface area (Å²) in [6.07, 6.45) is 3.24. The van der Waals surface area contributed by atoms with E-state index in [9.17, 15) is 4.79 Å². The van der Waals surface area contributed by atoms with E-state index in [2.05, 4.69) is 4.98 Å². The summed E-state index contributed by atoms with van der Waals surface area (Å²) in [6, 6.07) is 5.27. The zero-order chi connectivity index (χ0) is 11.5. The molecule has 0 atom stereocenters. The summed E-state index contributed by atoms with van der Waals surface area (Å²) in [6.45, 7) is 0.473. The molecule has 1 N–H and O–H groups in total. The van der Waals surface area contributed by atoms with Gasteiger partial charge in [0.25, 0.3) is 0 Å². The van der Waals surface area contributed by atoms with Crippen molar-refractivity contribution in [1.29, 1.82) is 5.26 Å². The Balaban J connectivity index is 2.21. The average Bonchev–Trinajstić information content (AvgIpc) is 2.87. The molecule has 0 spiro atoms. The summed E-state index contributed by atoms with van der Waals surface area (Å²) in [7, 11) is 0. The zero-order valence-corrected chi connectivity index (χ0v) is 8.94. The van der Waals surface area contributed by atoms with Crippen LogP contribution in [0.3, 0.4) is 0 Å². The Bertz CT molecular complexity index is 565. The molecule has 80 valence electrons. The molecule has 0 amide bonds. The lowest BCUT2D eigenvalue weighted by molar-refractivity contribution is 0.0702. The number of carbonyl (C=O) groups is 1.